The Morgan fingerprint density at radius 3 is 2.48 bits per heavy atom. The molecule has 3 N–H and O–H groups in total. The van der Waals surface area contributed by atoms with Crippen LogP contribution in [0.1, 0.15) is 22.3 Å². The SMILES string of the molecule is Cl.O=C(NCc1ccccc1)c1ccccc1NC(=O)C1CCNC1. The summed E-state index contributed by atoms with van der Waals surface area (Å²) in [5, 5.41) is 8.96. The molecule has 1 unspecified atom stereocenters. The molecule has 0 aromatic heterocycles. The first-order chi connectivity index (χ1) is 11.7. The number of amides is 2. The molecule has 1 atom stereocenters. The van der Waals surface area contributed by atoms with E-state index in [9.17, 15) is 9.59 Å². The fraction of sp³-hybridized carbons (Fsp3) is 0.263. The highest BCUT2D eigenvalue weighted by Crippen LogP contribution is 2.18. The molecule has 1 aliphatic rings. The molecule has 2 aromatic rings. The highest BCUT2D eigenvalue weighted by Gasteiger charge is 2.23. The van der Waals surface area contributed by atoms with Gasteiger partial charge in [-0.1, -0.05) is 42.5 Å². The van der Waals surface area contributed by atoms with Crippen LogP contribution in [-0.4, -0.2) is 24.9 Å². The number of carbonyl (C=O) groups is 2. The van der Waals surface area contributed by atoms with Gasteiger partial charge in [0.1, 0.15) is 0 Å². The standard InChI is InChI=1S/C19H21N3O2.ClH/c23-18(15-10-11-20-13-15)22-17-9-5-4-8-16(17)19(24)21-12-14-6-2-1-3-7-14;/h1-9,15,20H,10-13H2,(H,21,24)(H,22,23);1H. The lowest BCUT2D eigenvalue weighted by molar-refractivity contribution is -0.119. The van der Waals surface area contributed by atoms with E-state index < -0.39 is 0 Å². The van der Waals surface area contributed by atoms with Crippen molar-refractivity contribution in [3.63, 3.8) is 0 Å². The van der Waals surface area contributed by atoms with Gasteiger partial charge in [-0.25, -0.2) is 0 Å². The first-order valence-electron chi connectivity index (χ1n) is 8.17. The van der Waals surface area contributed by atoms with Crippen molar-refractivity contribution in [1.29, 1.82) is 0 Å². The molecule has 0 aliphatic carbocycles. The van der Waals surface area contributed by atoms with Crippen LogP contribution < -0.4 is 16.0 Å². The second-order valence-corrected chi connectivity index (χ2v) is 5.89. The maximum absolute atomic E-state index is 12.5. The second kappa shape index (κ2) is 9.20. The van der Waals surface area contributed by atoms with E-state index in [2.05, 4.69) is 16.0 Å². The lowest BCUT2D eigenvalue weighted by Crippen LogP contribution is -2.28. The third-order valence-electron chi connectivity index (χ3n) is 4.16. The Morgan fingerprint density at radius 1 is 1.04 bits per heavy atom. The van der Waals surface area contributed by atoms with Crippen molar-refractivity contribution < 1.29 is 9.59 Å². The summed E-state index contributed by atoms with van der Waals surface area (Å²) in [4.78, 5) is 24.8. The van der Waals surface area contributed by atoms with Crippen molar-refractivity contribution in [1.82, 2.24) is 10.6 Å². The average molecular weight is 360 g/mol. The molecule has 2 aromatic carbocycles. The second-order valence-electron chi connectivity index (χ2n) is 5.89. The molecule has 5 nitrogen and oxygen atoms in total. The minimum absolute atomic E-state index is 0. The zero-order valence-corrected chi connectivity index (χ0v) is 14.6. The van der Waals surface area contributed by atoms with Crippen LogP contribution in [0.25, 0.3) is 0 Å². The topological polar surface area (TPSA) is 70.2 Å². The van der Waals surface area contributed by atoms with Gasteiger partial charge >= 0.3 is 0 Å². The third-order valence-corrected chi connectivity index (χ3v) is 4.16. The van der Waals surface area contributed by atoms with E-state index >= 15 is 0 Å². The molecule has 6 heteroatoms. The van der Waals surface area contributed by atoms with Crippen LogP contribution >= 0.6 is 12.4 Å². The van der Waals surface area contributed by atoms with Crippen LogP contribution in [0.3, 0.4) is 0 Å². The zero-order valence-electron chi connectivity index (χ0n) is 13.8. The zero-order chi connectivity index (χ0) is 16.8. The molecule has 0 bridgehead atoms. The van der Waals surface area contributed by atoms with Crippen molar-refractivity contribution in [3.8, 4) is 0 Å². The number of hydrogen-bond acceptors (Lipinski definition) is 3. The molecule has 0 radical (unpaired) electrons. The van der Waals surface area contributed by atoms with Crippen molar-refractivity contribution in [2.24, 2.45) is 5.92 Å². The molecular formula is C19H22ClN3O2. The number of hydrogen-bond donors (Lipinski definition) is 3. The Labute approximate surface area is 153 Å². The lowest BCUT2D eigenvalue weighted by Gasteiger charge is -2.14. The van der Waals surface area contributed by atoms with E-state index in [1.54, 1.807) is 18.2 Å². The Morgan fingerprint density at radius 2 is 1.76 bits per heavy atom. The van der Waals surface area contributed by atoms with Crippen LogP contribution in [0.15, 0.2) is 54.6 Å². The largest absolute Gasteiger partial charge is 0.348 e. The van der Waals surface area contributed by atoms with Crippen LogP contribution in [0, 0.1) is 5.92 Å². The van der Waals surface area contributed by atoms with Gasteiger partial charge in [0.05, 0.1) is 17.2 Å². The fourth-order valence-corrected chi connectivity index (χ4v) is 2.78. The summed E-state index contributed by atoms with van der Waals surface area (Å²) in [6.07, 6.45) is 0.828. The van der Waals surface area contributed by atoms with Gasteiger partial charge in [0.2, 0.25) is 5.91 Å². The maximum Gasteiger partial charge on any atom is 0.253 e. The summed E-state index contributed by atoms with van der Waals surface area (Å²) in [6.45, 7) is 2.00. The highest BCUT2D eigenvalue weighted by atomic mass is 35.5. The summed E-state index contributed by atoms with van der Waals surface area (Å²) >= 11 is 0. The molecule has 1 saturated heterocycles. The van der Waals surface area contributed by atoms with Gasteiger partial charge in [-0.15, -0.1) is 12.4 Å². The molecular weight excluding hydrogens is 338 g/mol. The van der Waals surface area contributed by atoms with Crippen molar-refractivity contribution in [2.75, 3.05) is 18.4 Å². The Balaban J connectivity index is 0.00000225. The number of benzene rings is 2. The van der Waals surface area contributed by atoms with Gasteiger partial charge < -0.3 is 16.0 Å². The van der Waals surface area contributed by atoms with Gasteiger partial charge in [-0.3, -0.25) is 9.59 Å². The normalized spacial score (nSPS) is 15.9. The van der Waals surface area contributed by atoms with Gasteiger partial charge in [-0.05, 0) is 30.7 Å². The summed E-state index contributed by atoms with van der Waals surface area (Å²) in [6, 6.07) is 16.8. The summed E-state index contributed by atoms with van der Waals surface area (Å²) in [7, 11) is 0. The fourth-order valence-electron chi connectivity index (χ4n) is 2.78. The molecule has 1 heterocycles. The summed E-state index contributed by atoms with van der Waals surface area (Å²) in [5.74, 6) is -0.270. The predicted octanol–water partition coefficient (Wildman–Crippen LogP) is 2.59. The van der Waals surface area contributed by atoms with E-state index in [-0.39, 0.29) is 30.1 Å². The van der Waals surface area contributed by atoms with Gasteiger partial charge in [0.25, 0.3) is 5.91 Å². The first kappa shape index (κ1) is 19.0. The van der Waals surface area contributed by atoms with E-state index in [4.69, 9.17) is 0 Å². The van der Waals surface area contributed by atoms with Crippen LogP contribution in [-0.2, 0) is 11.3 Å². The smallest absolute Gasteiger partial charge is 0.253 e. The first-order valence-corrected chi connectivity index (χ1v) is 8.17. The Hall–Kier alpha value is -2.37. The average Bonchev–Trinajstić information content (AvgIpc) is 3.16. The molecule has 1 aliphatic heterocycles. The lowest BCUT2D eigenvalue weighted by atomic mass is 10.1. The highest BCUT2D eigenvalue weighted by molar-refractivity contribution is 6.04. The minimum atomic E-state index is -0.195. The quantitative estimate of drug-likeness (QED) is 0.768. The minimum Gasteiger partial charge on any atom is -0.348 e. The predicted molar refractivity (Wildman–Crippen MR) is 101 cm³/mol. The maximum atomic E-state index is 12.5. The number of carbonyl (C=O) groups excluding carboxylic acids is 2. The van der Waals surface area contributed by atoms with E-state index in [1.807, 2.05) is 36.4 Å². The Bertz CT molecular complexity index is 716. The van der Waals surface area contributed by atoms with Crippen molar-refractivity contribution in [3.05, 3.63) is 65.7 Å². The van der Waals surface area contributed by atoms with E-state index in [1.165, 1.54) is 0 Å². The molecule has 1 fully saturated rings. The van der Waals surface area contributed by atoms with E-state index in [0.717, 1.165) is 18.5 Å². The van der Waals surface area contributed by atoms with Crippen LogP contribution in [0.2, 0.25) is 0 Å². The van der Waals surface area contributed by atoms with Crippen molar-refractivity contribution in [2.45, 2.75) is 13.0 Å². The van der Waals surface area contributed by atoms with Crippen molar-refractivity contribution >= 4 is 29.9 Å². The number of rotatable bonds is 5. The molecule has 132 valence electrons. The number of para-hydroxylation sites is 1. The number of halogens is 1. The number of nitrogens with one attached hydrogen (secondary N) is 3. The van der Waals surface area contributed by atoms with Gasteiger partial charge in [-0.2, -0.15) is 0 Å². The molecule has 0 spiro atoms. The summed E-state index contributed by atoms with van der Waals surface area (Å²) in [5.41, 5.74) is 2.07. The molecule has 2 amide bonds. The molecule has 0 saturated carbocycles. The third kappa shape index (κ3) is 5.05. The summed E-state index contributed by atoms with van der Waals surface area (Å²) < 4.78 is 0. The van der Waals surface area contributed by atoms with Crippen LogP contribution in [0.4, 0.5) is 5.69 Å². The Kier molecular flexibility index (Phi) is 6.98. The monoisotopic (exact) mass is 359 g/mol. The molecule has 25 heavy (non-hydrogen) atoms. The van der Waals surface area contributed by atoms with Gasteiger partial charge in [0, 0.05) is 13.1 Å². The number of anilines is 1. The molecule has 3 rings (SSSR count). The van der Waals surface area contributed by atoms with Crippen LogP contribution in [0.5, 0.6) is 0 Å². The van der Waals surface area contributed by atoms with Gasteiger partial charge in [0.15, 0.2) is 0 Å². The van der Waals surface area contributed by atoms with E-state index in [0.29, 0.717) is 24.3 Å².